The zero-order valence-corrected chi connectivity index (χ0v) is 9.59. The molecule has 0 aliphatic carbocycles. The Balaban J connectivity index is 2.28. The summed E-state index contributed by atoms with van der Waals surface area (Å²) >= 11 is 0. The van der Waals surface area contributed by atoms with Crippen LogP contribution >= 0.6 is 0 Å². The summed E-state index contributed by atoms with van der Waals surface area (Å²) in [5.41, 5.74) is 11.2. The van der Waals surface area contributed by atoms with Crippen molar-refractivity contribution in [2.24, 2.45) is 11.7 Å². The molecule has 4 N–H and O–H groups in total. The van der Waals surface area contributed by atoms with Crippen LogP contribution in [0, 0.1) is 5.92 Å². The van der Waals surface area contributed by atoms with Gasteiger partial charge in [0.2, 0.25) is 17.7 Å². The molecule has 1 saturated heterocycles. The van der Waals surface area contributed by atoms with Crippen molar-refractivity contribution in [3.63, 3.8) is 0 Å². The predicted molar refractivity (Wildman–Crippen MR) is 62.5 cm³/mol. The van der Waals surface area contributed by atoms with Crippen LogP contribution in [0.15, 0.2) is 6.07 Å². The van der Waals surface area contributed by atoms with Gasteiger partial charge in [0.15, 0.2) is 0 Å². The number of hydrogen-bond donors (Lipinski definition) is 2. The number of carbonyl (C=O) groups excluding carboxylic acids is 1. The lowest BCUT2D eigenvalue weighted by Gasteiger charge is -2.15. The average molecular weight is 237 g/mol. The molecule has 1 unspecified atom stereocenters. The summed E-state index contributed by atoms with van der Waals surface area (Å²) in [6.07, 6.45) is 0.428. The highest BCUT2D eigenvalue weighted by Crippen LogP contribution is 2.24. The van der Waals surface area contributed by atoms with E-state index < -0.39 is 0 Å². The third-order valence-corrected chi connectivity index (χ3v) is 2.70. The molecule has 92 valence electrons. The third kappa shape index (κ3) is 2.28. The van der Waals surface area contributed by atoms with Crippen LogP contribution in [-0.2, 0) is 4.79 Å². The van der Waals surface area contributed by atoms with Gasteiger partial charge in [-0.1, -0.05) is 0 Å². The van der Waals surface area contributed by atoms with Gasteiger partial charge >= 0.3 is 0 Å². The minimum Gasteiger partial charge on any atom is -0.481 e. The molecular formula is C10H15N5O2. The van der Waals surface area contributed by atoms with Crippen LogP contribution in [0.25, 0.3) is 0 Å². The minimum absolute atomic E-state index is 0.0342. The Morgan fingerprint density at radius 3 is 2.94 bits per heavy atom. The summed E-state index contributed by atoms with van der Waals surface area (Å²) in [4.78, 5) is 21.4. The van der Waals surface area contributed by atoms with Gasteiger partial charge in [0.1, 0.15) is 5.82 Å². The summed E-state index contributed by atoms with van der Waals surface area (Å²) in [6.45, 7) is 1.00. The molecule has 1 fully saturated rings. The fourth-order valence-corrected chi connectivity index (χ4v) is 1.79. The summed E-state index contributed by atoms with van der Waals surface area (Å²) in [5, 5.41) is 0. The molecule has 1 aromatic rings. The van der Waals surface area contributed by atoms with E-state index in [1.165, 1.54) is 18.1 Å². The van der Waals surface area contributed by atoms with E-state index in [-0.39, 0.29) is 23.6 Å². The highest BCUT2D eigenvalue weighted by Gasteiger charge is 2.31. The maximum absolute atomic E-state index is 11.8. The van der Waals surface area contributed by atoms with Crippen LogP contribution in [0.1, 0.15) is 6.42 Å². The van der Waals surface area contributed by atoms with Crippen molar-refractivity contribution in [1.82, 2.24) is 9.97 Å². The Hall–Kier alpha value is -1.89. The Kier molecular flexibility index (Phi) is 3.10. The van der Waals surface area contributed by atoms with Gasteiger partial charge in [-0.05, 0) is 12.5 Å². The lowest BCUT2D eigenvalue weighted by molar-refractivity contribution is -0.117. The van der Waals surface area contributed by atoms with Gasteiger partial charge in [0.25, 0.3) is 0 Å². The molecule has 0 aromatic carbocycles. The van der Waals surface area contributed by atoms with Gasteiger partial charge in [-0.25, -0.2) is 0 Å². The number of hydrogen-bond acceptors (Lipinski definition) is 6. The molecule has 1 aromatic heterocycles. The first-order valence-electron chi connectivity index (χ1n) is 5.33. The van der Waals surface area contributed by atoms with Crippen molar-refractivity contribution >= 4 is 17.7 Å². The topological polar surface area (TPSA) is 107 Å². The number of ether oxygens (including phenoxy) is 1. The van der Waals surface area contributed by atoms with Crippen molar-refractivity contribution in [3.8, 4) is 5.88 Å². The second-order valence-electron chi connectivity index (χ2n) is 3.95. The molecule has 17 heavy (non-hydrogen) atoms. The Morgan fingerprint density at radius 1 is 1.59 bits per heavy atom. The zero-order chi connectivity index (χ0) is 12.4. The molecule has 7 heteroatoms. The number of nitrogens with zero attached hydrogens (tertiary/aromatic N) is 3. The van der Waals surface area contributed by atoms with E-state index in [0.717, 1.165) is 0 Å². The van der Waals surface area contributed by atoms with Crippen LogP contribution in [0.5, 0.6) is 5.88 Å². The molecule has 1 atom stereocenters. The quantitative estimate of drug-likeness (QED) is 0.725. The van der Waals surface area contributed by atoms with Crippen LogP contribution in [0.2, 0.25) is 0 Å². The molecule has 2 heterocycles. The van der Waals surface area contributed by atoms with E-state index >= 15 is 0 Å². The van der Waals surface area contributed by atoms with Crippen molar-refractivity contribution in [1.29, 1.82) is 0 Å². The second-order valence-corrected chi connectivity index (χ2v) is 3.95. The first-order chi connectivity index (χ1) is 8.13. The highest BCUT2D eigenvalue weighted by molar-refractivity contribution is 5.94. The van der Waals surface area contributed by atoms with Gasteiger partial charge in [0.05, 0.1) is 7.11 Å². The molecular weight excluding hydrogens is 222 g/mol. The molecule has 1 aliphatic heterocycles. The van der Waals surface area contributed by atoms with Crippen LogP contribution in [0.3, 0.4) is 0 Å². The monoisotopic (exact) mass is 237 g/mol. The van der Waals surface area contributed by atoms with Crippen LogP contribution in [-0.4, -0.2) is 36.1 Å². The van der Waals surface area contributed by atoms with Crippen LogP contribution < -0.4 is 21.1 Å². The zero-order valence-electron chi connectivity index (χ0n) is 9.59. The smallest absolute Gasteiger partial charge is 0.237 e. The van der Waals surface area contributed by atoms with Crippen LogP contribution in [0.4, 0.5) is 11.8 Å². The lowest BCUT2D eigenvalue weighted by Crippen LogP contribution is -2.28. The summed E-state index contributed by atoms with van der Waals surface area (Å²) in [5.74, 6) is 1.02. The number of nitrogens with two attached hydrogens (primary N) is 2. The first-order valence-corrected chi connectivity index (χ1v) is 5.33. The molecule has 7 nitrogen and oxygen atoms in total. The summed E-state index contributed by atoms with van der Waals surface area (Å²) in [7, 11) is 1.49. The van der Waals surface area contributed by atoms with Crippen molar-refractivity contribution < 1.29 is 9.53 Å². The summed E-state index contributed by atoms with van der Waals surface area (Å²) in [6, 6.07) is 1.50. The number of methoxy groups -OCH3 is 1. The maximum Gasteiger partial charge on any atom is 0.237 e. The predicted octanol–water partition coefficient (Wildman–Crippen LogP) is -0.621. The largest absolute Gasteiger partial charge is 0.481 e. The minimum atomic E-state index is -0.0342. The average Bonchev–Trinajstić information content (AvgIpc) is 2.69. The molecule has 2 rings (SSSR count). The first kappa shape index (κ1) is 11.6. The standard InChI is InChI=1S/C10H15N5O2/c1-17-8-3-7(12)13-10(14-8)15-5-6(4-11)2-9(15)16/h3,6H,2,4-5,11H2,1H3,(H2,12,13,14). The van der Waals surface area contributed by atoms with Gasteiger partial charge in [-0.2, -0.15) is 9.97 Å². The Labute approximate surface area is 98.8 Å². The number of nitrogen functional groups attached to an aromatic ring is 1. The fraction of sp³-hybridized carbons (Fsp3) is 0.500. The molecule has 0 saturated carbocycles. The SMILES string of the molecule is COc1cc(N)nc(N2CC(CN)CC2=O)n1. The Bertz CT molecular complexity index is 437. The van der Waals surface area contributed by atoms with E-state index in [0.29, 0.717) is 25.4 Å². The van der Waals surface area contributed by atoms with Crippen molar-refractivity contribution in [2.75, 3.05) is 30.8 Å². The van der Waals surface area contributed by atoms with E-state index in [1.54, 1.807) is 0 Å². The van der Waals surface area contributed by atoms with E-state index in [1.807, 2.05) is 0 Å². The fourth-order valence-electron chi connectivity index (χ4n) is 1.79. The molecule has 1 amide bonds. The lowest BCUT2D eigenvalue weighted by atomic mass is 10.1. The van der Waals surface area contributed by atoms with Gasteiger partial charge in [-0.15, -0.1) is 0 Å². The van der Waals surface area contributed by atoms with E-state index in [4.69, 9.17) is 16.2 Å². The number of amides is 1. The second kappa shape index (κ2) is 4.54. The summed E-state index contributed by atoms with van der Waals surface area (Å²) < 4.78 is 4.99. The Morgan fingerprint density at radius 2 is 2.35 bits per heavy atom. The van der Waals surface area contributed by atoms with Crippen molar-refractivity contribution in [2.45, 2.75) is 6.42 Å². The van der Waals surface area contributed by atoms with Gasteiger partial charge < -0.3 is 16.2 Å². The van der Waals surface area contributed by atoms with Gasteiger partial charge in [0, 0.05) is 19.0 Å². The van der Waals surface area contributed by atoms with Gasteiger partial charge in [-0.3, -0.25) is 9.69 Å². The normalized spacial score (nSPS) is 19.8. The number of aromatic nitrogens is 2. The highest BCUT2D eigenvalue weighted by atomic mass is 16.5. The maximum atomic E-state index is 11.8. The third-order valence-electron chi connectivity index (χ3n) is 2.70. The number of rotatable bonds is 3. The number of carbonyl (C=O) groups is 1. The molecule has 0 radical (unpaired) electrons. The van der Waals surface area contributed by atoms with Crippen molar-refractivity contribution in [3.05, 3.63) is 6.07 Å². The molecule has 1 aliphatic rings. The molecule has 0 bridgehead atoms. The molecule has 0 spiro atoms. The number of anilines is 2. The van der Waals surface area contributed by atoms with E-state index in [9.17, 15) is 4.79 Å². The van der Waals surface area contributed by atoms with E-state index in [2.05, 4.69) is 9.97 Å².